The van der Waals surface area contributed by atoms with Gasteiger partial charge in [-0.15, -0.1) is 0 Å². The van der Waals surface area contributed by atoms with Crippen LogP contribution in [-0.4, -0.2) is 53.7 Å². The number of rotatable bonds is 6. The smallest absolute Gasteiger partial charge is 0.167 e. The van der Waals surface area contributed by atoms with Gasteiger partial charge >= 0.3 is 0 Å². The summed E-state index contributed by atoms with van der Waals surface area (Å²) >= 11 is 12.7. The van der Waals surface area contributed by atoms with E-state index in [0.29, 0.717) is 12.6 Å². The van der Waals surface area contributed by atoms with Crippen molar-refractivity contribution in [2.45, 2.75) is 25.3 Å². The maximum Gasteiger partial charge on any atom is 0.167 e. The monoisotopic (exact) mass is 506 g/mol. The molecule has 3 fully saturated rings. The van der Waals surface area contributed by atoms with Gasteiger partial charge in [0.2, 0.25) is 0 Å². The molecular weight excluding hydrogens is 479 g/mol. The van der Waals surface area contributed by atoms with Crippen LogP contribution in [0.25, 0.3) is 43.6 Å². The zero-order valence-electron chi connectivity index (χ0n) is 19.5. The Bertz CT molecular complexity index is 1470. The van der Waals surface area contributed by atoms with Gasteiger partial charge < -0.3 is 24.9 Å². The van der Waals surface area contributed by atoms with E-state index in [4.69, 9.17) is 27.9 Å². The molecule has 3 aromatic carbocycles. The summed E-state index contributed by atoms with van der Waals surface area (Å²) in [6.45, 7) is 5.36. The third-order valence-electron chi connectivity index (χ3n) is 7.97. The van der Waals surface area contributed by atoms with Crippen LogP contribution in [-0.2, 0) is 0 Å². The lowest BCUT2D eigenvalue weighted by molar-refractivity contribution is 0.0722. The summed E-state index contributed by atoms with van der Waals surface area (Å²) in [5, 5.41) is 9.66. The minimum atomic E-state index is 0.629. The molecule has 180 valence electrons. The summed E-state index contributed by atoms with van der Waals surface area (Å²) in [6, 6.07) is 14.8. The molecule has 0 aliphatic carbocycles. The lowest BCUT2D eigenvalue weighted by atomic mass is 9.84. The fraction of sp³-hybridized carbons (Fsp3) is 0.357. The van der Waals surface area contributed by atoms with Crippen LogP contribution in [0.2, 0.25) is 10.0 Å². The SMILES string of the molecule is Clc1ccc2[nH]c3c(OCCCNC4CN5CCC4CC5)c4[nH]c5ccc(Cl)cc5c4cc3c2c1. The molecule has 0 spiro atoms. The Hall–Kier alpha value is -2.44. The van der Waals surface area contributed by atoms with Gasteiger partial charge in [0.15, 0.2) is 5.75 Å². The van der Waals surface area contributed by atoms with Gasteiger partial charge in [0.25, 0.3) is 0 Å². The molecular formula is C28H28Cl2N4O. The van der Waals surface area contributed by atoms with Gasteiger partial charge in [-0.2, -0.15) is 0 Å². The van der Waals surface area contributed by atoms with Gasteiger partial charge in [-0.05, 0) is 87.3 Å². The molecule has 1 unspecified atom stereocenters. The van der Waals surface area contributed by atoms with E-state index in [1.165, 1.54) is 32.5 Å². The van der Waals surface area contributed by atoms with Gasteiger partial charge in [-0.25, -0.2) is 0 Å². The van der Waals surface area contributed by atoms with E-state index in [1.807, 2.05) is 36.4 Å². The Balaban J connectivity index is 1.21. The molecule has 1 atom stereocenters. The lowest BCUT2D eigenvalue weighted by Gasteiger charge is -2.45. The number of aromatic nitrogens is 2. The standard InChI is InChI=1S/C28H28Cl2N4O/c29-17-2-4-23-19(12-17)21-14-22-20-13-18(30)3-5-24(20)33-27(22)28(26(21)32-23)35-11-1-8-31-25-15-34-9-6-16(25)7-10-34/h2-5,12-14,16,25,31-33H,1,6-11,15H2. The Morgan fingerprint density at radius 1 is 0.857 bits per heavy atom. The van der Waals surface area contributed by atoms with E-state index >= 15 is 0 Å². The van der Waals surface area contributed by atoms with Crippen molar-refractivity contribution >= 4 is 66.8 Å². The maximum atomic E-state index is 6.52. The Morgan fingerprint density at radius 3 is 2.06 bits per heavy atom. The minimum Gasteiger partial charge on any atom is -0.489 e. The summed E-state index contributed by atoms with van der Waals surface area (Å²) in [6.07, 6.45) is 3.63. The number of benzene rings is 3. The lowest BCUT2D eigenvalue weighted by Crippen LogP contribution is -2.56. The number of ether oxygens (including phenoxy) is 1. The summed E-state index contributed by atoms with van der Waals surface area (Å²) in [4.78, 5) is 9.76. The first-order valence-corrected chi connectivity index (χ1v) is 13.3. The minimum absolute atomic E-state index is 0.629. The number of nitrogens with zero attached hydrogens (tertiary/aromatic N) is 1. The number of hydrogen-bond acceptors (Lipinski definition) is 3. The summed E-state index contributed by atoms with van der Waals surface area (Å²) in [7, 11) is 0. The third-order valence-corrected chi connectivity index (χ3v) is 8.44. The highest BCUT2D eigenvalue weighted by molar-refractivity contribution is 6.33. The maximum absolute atomic E-state index is 6.52. The number of aromatic amines is 2. The van der Waals surface area contributed by atoms with E-state index in [9.17, 15) is 0 Å². The number of nitrogens with one attached hydrogen (secondary N) is 3. The van der Waals surface area contributed by atoms with Crippen LogP contribution in [0.15, 0.2) is 42.5 Å². The van der Waals surface area contributed by atoms with Crippen molar-refractivity contribution < 1.29 is 4.74 Å². The molecule has 5 aromatic rings. The van der Waals surface area contributed by atoms with Crippen LogP contribution < -0.4 is 10.1 Å². The highest BCUT2D eigenvalue weighted by atomic mass is 35.5. The van der Waals surface area contributed by atoms with Crippen LogP contribution >= 0.6 is 23.2 Å². The van der Waals surface area contributed by atoms with E-state index in [0.717, 1.165) is 78.3 Å². The van der Waals surface area contributed by atoms with Crippen LogP contribution in [0.3, 0.4) is 0 Å². The third kappa shape index (κ3) is 3.77. The second-order valence-electron chi connectivity index (χ2n) is 10.1. The molecule has 2 aromatic heterocycles. The average Bonchev–Trinajstić information content (AvgIpc) is 3.42. The number of halogens is 2. The number of H-pyrrole nitrogens is 2. The van der Waals surface area contributed by atoms with E-state index in [2.05, 4.69) is 26.3 Å². The van der Waals surface area contributed by atoms with Crippen molar-refractivity contribution in [3.8, 4) is 5.75 Å². The average molecular weight is 507 g/mol. The second-order valence-corrected chi connectivity index (χ2v) is 11.0. The van der Waals surface area contributed by atoms with Crippen LogP contribution in [0.4, 0.5) is 0 Å². The first kappa shape index (κ1) is 21.8. The Kier molecular flexibility index (Phi) is 5.36. The number of piperidine rings is 3. The van der Waals surface area contributed by atoms with E-state index in [-0.39, 0.29) is 0 Å². The van der Waals surface area contributed by atoms with Crippen molar-refractivity contribution in [3.05, 3.63) is 52.5 Å². The normalized spacial score (nSPS) is 22.2. The summed E-state index contributed by atoms with van der Waals surface area (Å²) < 4.78 is 6.52. The highest BCUT2D eigenvalue weighted by Gasteiger charge is 2.33. The fourth-order valence-corrected chi connectivity index (χ4v) is 6.52. The van der Waals surface area contributed by atoms with Gasteiger partial charge in [0.05, 0.1) is 17.6 Å². The second kappa shape index (κ2) is 8.59. The molecule has 7 heteroatoms. The Morgan fingerprint density at radius 2 is 1.49 bits per heavy atom. The first-order chi connectivity index (χ1) is 17.1. The highest BCUT2D eigenvalue weighted by Crippen LogP contribution is 2.41. The molecule has 3 aliphatic rings. The topological polar surface area (TPSA) is 56.1 Å². The van der Waals surface area contributed by atoms with Crippen molar-refractivity contribution in [1.29, 1.82) is 0 Å². The van der Waals surface area contributed by atoms with Gasteiger partial charge in [-0.3, -0.25) is 0 Å². The Labute approximate surface area is 213 Å². The molecule has 3 saturated heterocycles. The first-order valence-electron chi connectivity index (χ1n) is 12.6. The van der Waals surface area contributed by atoms with Crippen LogP contribution in [0.5, 0.6) is 5.75 Å². The number of fused-ring (bicyclic) bond motifs is 9. The zero-order chi connectivity index (χ0) is 23.5. The zero-order valence-corrected chi connectivity index (χ0v) is 21.0. The predicted octanol–water partition coefficient (Wildman–Crippen LogP) is 6.72. The van der Waals surface area contributed by atoms with Gasteiger partial charge in [0.1, 0.15) is 0 Å². The van der Waals surface area contributed by atoms with Crippen LogP contribution in [0.1, 0.15) is 19.3 Å². The van der Waals surface area contributed by atoms with Crippen LogP contribution in [0, 0.1) is 5.92 Å². The predicted molar refractivity (Wildman–Crippen MR) is 146 cm³/mol. The molecule has 35 heavy (non-hydrogen) atoms. The molecule has 5 nitrogen and oxygen atoms in total. The fourth-order valence-electron chi connectivity index (χ4n) is 6.17. The molecule has 0 saturated carbocycles. The summed E-state index contributed by atoms with van der Waals surface area (Å²) in [5.74, 6) is 1.70. The molecule has 2 bridgehead atoms. The number of hydrogen-bond donors (Lipinski definition) is 3. The van der Waals surface area contributed by atoms with Gasteiger partial charge in [-0.1, -0.05) is 23.2 Å². The quantitative estimate of drug-likeness (QED) is 0.224. The van der Waals surface area contributed by atoms with Crippen molar-refractivity contribution in [2.24, 2.45) is 5.92 Å². The van der Waals surface area contributed by atoms with Crippen molar-refractivity contribution in [1.82, 2.24) is 20.2 Å². The molecule has 3 aliphatic heterocycles. The molecule has 0 amide bonds. The molecule has 5 heterocycles. The summed E-state index contributed by atoms with van der Waals surface area (Å²) in [5.41, 5.74) is 4.09. The molecule has 3 N–H and O–H groups in total. The van der Waals surface area contributed by atoms with Crippen molar-refractivity contribution in [2.75, 3.05) is 32.8 Å². The van der Waals surface area contributed by atoms with Crippen molar-refractivity contribution in [3.63, 3.8) is 0 Å². The van der Waals surface area contributed by atoms with E-state index < -0.39 is 0 Å². The van der Waals surface area contributed by atoms with E-state index in [1.54, 1.807) is 0 Å². The largest absolute Gasteiger partial charge is 0.489 e. The van der Waals surface area contributed by atoms with Gasteiger partial charge in [0, 0.05) is 55.2 Å². The molecule has 0 radical (unpaired) electrons. The molecule has 8 rings (SSSR count).